The Hall–Kier alpha value is -1.63. The van der Waals surface area contributed by atoms with Gasteiger partial charge in [0, 0.05) is 31.6 Å². The minimum Gasteiger partial charge on any atom is -0.497 e. The Morgan fingerprint density at radius 2 is 1.92 bits per heavy atom. The summed E-state index contributed by atoms with van der Waals surface area (Å²) in [5, 5.41) is 3.06. The smallest absolute Gasteiger partial charge is 0.224 e. The molecule has 0 saturated carbocycles. The van der Waals surface area contributed by atoms with Crippen LogP contribution in [0.4, 0.5) is 0 Å². The summed E-state index contributed by atoms with van der Waals surface area (Å²) in [5.74, 6) is 0.622. The van der Waals surface area contributed by atoms with Crippen LogP contribution in [0.5, 0.6) is 5.75 Å². The number of morpholine rings is 1. The van der Waals surface area contributed by atoms with Crippen LogP contribution in [0.15, 0.2) is 24.3 Å². The summed E-state index contributed by atoms with van der Waals surface area (Å²) >= 11 is 0. The molecule has 24 heavy (non-hydrogen) atoms. The van der Waals surface area contributed by atoms with Gasteiger partial charge in [-0.25, -0.2) is 0 Å². The number of benzene rings is 1. The molecule has 1 aromatic rings. The first-order chi connectivity index (χ1) is 11.5. The van der Waals surface area contributed by atoms with Crippen molar-refractivity contribution >= 4 is 5.91 Å². The number of methoxy groups -OCH3 is 1. The molecule has 1 saturated heterocycles. The molecule has 1 amide bonds. The van der Waals surface area contributed by atoms with Crippen molar-refractivity contribution in [2.45, 2.75) is 25.9 Å². The molecule has 1 aliphatic rings. The fourth-order valence-electron chi connectivity index (χ4n) is 2.77. The molecule has 3 atom stereocenters. The van der Waals surface area contributed by atoms with E-state index in [1.54, 1.807) is 7.11 Å². The van der Waals surface area contributed by atoms with Crippen LogP contribution < -0.4 is 15.8 Å². The zero-order chi connectivity index (χ0) is 17.5. The van der Waals surface area contributed by atoms with E-state index in [1.807, 2.05) is 26.0 Å². The number of hydrogen-bond donors (Lipinski definition) is 2. The van der Waals surface area contributed by atoms with Crippen LogP contribution in [0, 0.1) is 5.92 Å². The van der Waals surface area contributed by atoms with Crippen LogP contribution in [0.2, 0.25) is 0 Å². The van der Waals surface area contributed by atoms with Gasteiger partial charge in [-0.2, -0.15) is 0 Å². The average Bonchev–Trinajstić information content (AvgIpc) is 2.62. The van der Waals surface area contributed by atoms with Gasteiger partial charge in [0.15, 0.2) is 0 Å². The summed E-state index contributed by atoms with van der Waals surface area (Å²) in [4.78, 5) is 14.6. The number of hydrogen-bond acceptors (Lipinski definition) is 5. The summed E-state index contributed by atoms with van der Waals surface area (Å²) < 4.78 is 10.7. The number of ether oxygens (including phenoxy) is 2. The minimum absolute atomic E-state index is 0.00299. The molecular formula is C18H29N3O3. The number of nitrogens with one attached hydrogen (secondary N) is 1. The van der Waals surface area contributed by atoms with E-state index in [4.69, 9.17) is 15.2 Å². The number of carbonyl (C=O) groups is 1. The number of carbonyl (C=O) groups excluding carboxylic acids is 1. The third-order valence-electron chi connectivity index (χ3n) is 4.66. The van der Waals surface area contributed by atoms with Crippen LogP contribution in [-0.4, -0.2) is 56.8 Å². The van der Waals surface area contributed by atoms with Crippen LogP contribution in [-0.2, 0) is 9.53 Å². The molecule has 6 nitrogen and oxygen atoms in total. The van der Waals surface area contributed by atoms with Crippen molar-refractivity contribution in [2.24, 2.45) is 11.7 Å². The largest absolute Gasteiger partial charge is 0.497 e. The van der Waals surface area contributed by atoms with Crippen LogP contribution >= 0.6 is 0 Å². The monoisotopic (exact) mass is 335 g/mol. The quantitative estimate of drug-likeness (QED) is 0.782. The van der Waals surface area contributed by atoms with Gasteiger partial charge in [-0.15, -0.1) is 0 Å². The molecule has 3 unspecified atom stereocenters. The molecule has 0 aromatic heterocycles. The van der Waals surface area contributed by atoms with Crippen molar-refractivity contribution in [3.05, 3.63) is 29.8 Å². The Labute approximate surface area is 144 Å². The first kappa shape index (κ1) is 18.7. The topological polar surface area (TPSA) is 76.8 Å². The van der Waals surface area contributed by atoms with E-state index in [0.29, 0.717) is 6.54 Å². The summed E-state index contributed by atoms with van der Waals surface area (Å²) in [6.45, 7) is 7.42. The first-order valence-electron chi connectivity index (χ1n) is 8.52. The van der Waals surface area contributed by atoms with Crippen molar-refractivity contribution in [3.63, 3.8) is 0 Å². The molecule has 1 fully saturated rings. The summed E-state index contributed by atoms with van der Waals surface area (Å²) in [6, 6.07) is 7.97. The van der Waals surface area contributed by atoms with E-state index < -0.39 is 0 Å². The van der Waals surface area contributed by atoms with Gasteiger partial charge in [0.05, 0.1) is 26.4 Å². The molecule has 3 N–H and O–H groups in total. The number of nitrogens with two attached hydrogens (primary N) is 1. The molecule has 0 radical (unpaired) electrons. The molecule has 1 aliphatic heterocycles. The highest BCUT2D eigenvalue weighted by atomic mass is 16.5. The highest BCUT2D eigenvalue weighted by Gasteiger charge is 2.25. The van der Waals surface area contributed by atoms with Crippen molar-refractivity contribution in [2.75, 3.05) is 40.0 Å². The molecule has 1 aromatic carbocycles. The van der Waals surface area contributed by atoms with E-state index in [1.165, 1.54) is 0 Å². The van der Waals surface area contributed by atoms with E-state index in [0.717, 1.165) is 37.6 Å². The maximum Gasteiger partial charge on any atom is 0.224 e. The van der Waals surface area contributed by atoms with Gasteiger partial charge in [-0.1, -0.05) is 19.1 Å². The minimum atomic E-state index is -0.203. The highest BCUT2D eigenvalue weighted by molar-refractivity contribution is 5.78. The van der Waals surface area contributed by atoms with E-state index in [2.05, 4.69) is 22.3 Å². The Morgan fingerprint density at radius 3 is 2.46 bits per heavy atom. The zero-order valence-electron chi connectivity index (χ0n) is 14.8. The molecule has 1 heterocycles. The number of rotatable bonds is 7. The standard InChI is InChI=1S/C18H29N3O3/c1-13(14(2)19)18(22)20-12-17(21-8-10-24-11-9-21)15-4-6-16(23-3)7-5-15/h4-7,13-14,17H,8-12,19H2,1-3H3,(H,20,22). The molecule has 0 aliphatic carbocycles. The van der Waals surface area contributed by atoms with Gasteiger partial charge < -0.3 is 20.5 Å². The average molecular weight is 335 g/mol. The molecular weight excluding hydrogens is 306 g/mol. The lowest BCUT2D eigenvalue weighted by atomic mass is 10.0. The Morgan fingerprint density at radius 1 is 1.29 bits per heavy atom. The predicted octanol–water partition coefficient (Wildman–Crippen LogP) is 1.17. The first-order valence-corrected chi connectivity index (χ1v) is 8.52. The third-order valence-corrected chi connectivity index (χ3v) is 4.66. The normalized spacial score (nSPS) is 19.3. The summed E-state index contributed by atoms with van der Waals surface area (Å²) in [7, 11) is 1.66. The zero-order valence-corrected chi connectivity index (χ0v) is 14.8. The lowest BCUT2D eigenvalue weighted by Gasteiger charge is -2.35. The Kier molecular flexibility index (Phi) is 7.02. The Bertz CT molecular complexity index is 513. The lowest BCUT2D eigenvalue weighted by Crippen LogP contribution is -2.46. The van der Waals surface area contributed by atoms with Crippen molar-refractivity contribution in [1.29, 1.82) is 0 Å². The fraction of sp³-hybridized carbons (Fsp3) is 0.611. The summed E-state index contributed by atoms with van der Waals surface area (Å²) in [5.41, 5.74) is 6.99. The van der Waals surface area contributed by atoms with Crippen LogP contribution in [0.1, 0.15) is 25.5 Å². The van der Waals surface area contributed by atoms with E-state index in [-0.39, 0.29) is 23.9 Å². The van der Waals surface area contributed by atoms with Crippen molar-refractivity contribution < 1.29 is 14.3 Å². The number of nitrogens with zero attached hydrogens (tertiary/aromatic N) is 1. The predicted molar refractivity (Wildman–Crippen MR) is 94.0 cm³/mol. The second kappa shape index (κ2) is 9.01. The molecule has 2 rings (SSSR count). The van der Waals surface area contributed by atoms with Gasteiger partial charge in [-0.3, -0.25) is 9.69 Å². The fourth-order valence-corrected chi connectivity index (χ4v) is 2.77. The highest BCUT2D eigenvalue weighted by Crippen LogP contribution is 2.23. The van der Waals surface area contributed by atoms with Gasteiger partial charge in [0.2, 0.25) is 5.91 Å². The molecule has 134 valence electrons. The third kappa shape index (κ3) is 4.93. The molecule has 6 heteroatoms. The molecule has 0 bridgehead atoms. The second-order valence-electron chi connectivity index (χ2n) is 6.33. The maximum absolute atomic E-state index is 12.2. The lowest BCUT2D eigenvalue weighted by molar-refractivity contribution is -0.125. The molecule has 0 spiro atoms. The van der Waals surface area contributed by atoms with Crippen molar-refractivity contribution in [1.82, 2.24) is 10.2 Å². The van der Waals surface area contributed by atoms with Gasteiger partial charge in [-0.05, 0) is 24.6 Å². The van der Waals surface area contributed by atoms with E-state index >= 15 is 0 Å². The van der Waals surface area contributed by atoms with Gasteiger partial charge in [0.25, 0.3) is 0 Å². The van der Waals surface area contributed by atoms with Gasteiger partial charge >= 0.3 is 0 Å². The van der Waals surface area contributed by atoms with Gasteiger partial charge in [0.1, 0.15) is 5.75 Å². The van der Waals surface area contributed by atoms with Crippen LogP contribution in [0.25, 0.3) is 0 Å². The second-order valence-corrected chi connectivity index (χ2v) is 6.33. The number of amides is 1. The Balaban J connectivity index is 2.08. The van der Waals surface area contributed by atoms with Crippen molar-refractivity contribution in [3.8, 4) is 5.75 Å². The maximum atomic E-state index is 12.2. The summed E-state index contributed by atoms with van der Waals surface area (Å²) in [6.07, 6.45) is 0. The van der Waals surface area contributed by atoms with E-state index in [9.17, 15) is 4.79 Å². The van der Waals surface area contributed by atoms with Crippen LogP contribution in [0.3, 0.4) is 0 Å². The SMILES string of the molecule is COc1ccc(C(CNC(=O)C(C)C(C)N)N2CCOCC2)cc1.